The average Bonchev–Trinajstić information content (AvgIpc) is 2.76. The van der Waals surface area contributed by atoms with E-state index in [1.54, 1.807) is 32.0 Å². The molecule has 0 amide bonds. The number of hydrogen-bond acceptors (Lipinski definition) is 5. The van der Waals surface area contributed by atoms with Crippen LogP contribution in [0.4, 0.5) is 5.95 Å². The molecule has 102 valence electrons. The molecule has 0 aliphatic carbocycles. The van der Waals surface area contributed by atoms with Crippen molar-refractivity contribution in [1.29, 1.82) is 0 Å². The molecule has 2 aromatic rings. The maximum atomic E-state index is 12.1. The number of aryl methyl sites for hydroxylation is 1. The van der Waals surface area contributed by atoms with Crippen LogP contribution in [0.1, 0.15) is 12.5 Å². The molecule has 0 aliphatic heterocycles. The van der Waals surface area contributed by atoms with Crippen LogP contribution < -0.4 is 9.46 Å². The number of H-pyrrole nitrogens is 1. The smallest absolute Gasteiger partial charge is 0.337 e. The summed E-state index contributed by atoms with van der Waals surface area (Å²) in [5.74, 6) is 0.0201. The standard InChI is InChI=1S/C11H14N4O3S/c1-3-18-11-12-10(13-14-11)15-19(16,17)9-7-5-4-6-8(9)2/h4-7H,3H2,1-2H3,(H2,12,13,14,15). The van der Waals surface area contributed by atoms with Crippen LogP contribution in [0, 0.1) is 6.92 Å². The number of hydrogen-bond donors (Lipinski definition) is 2. The summed E-state index contributed by atoms with van der Waals surface area (Å²) in [5.41, 5.74) is 0.652. The summed E-state index contributed by atoms with van der Waals surface area (Å²) < 4.78 is 31.7. The average molecular weight is 282 g/mol. The van der Waals surface area contributed by atoms with Gasteiger partial charge in [0.1, 0.15) is 0 Å². The van der Waals surface area contributed by atoms with Crippen molar-refractivity contribution >= 4 is 16.0 Å². The first-order chi connectivity index (χ1) is 9.03. The number of benzene rings is 1. The fourth-order valence-electron chi connectivity index (χ4n) is 1.53. The molecule has 0 radical (unpaired) electrons. The van der Waals surface area contributed by atoms with Crippen molar-refractivity contribution in [2.24, 2.45) is 0 Å². The van der Waals surface area contributed by atoms with Crippen molar-refractivity contribution in [2.75, 3.05) is 11.3 Å². The van der Waals surface area contributed by atoms with E-state index in [2.05, 4.69) is 19.9 Å². The number of aromatic nitrogens is 3. The van der Waals surface area contributed by atoms with Gasteiger partial charge in [0.25, 0.3) is 10.0 Å². The zero-order chi connectivity index (χ0) is 13.9. The first-order valence-electron chi connectivity index (χ1n) is 5.66. The van der Waals surface area contributed by atoms with Gasteiger partial charge in [-0.25, -0.2) is 18.2 Å². The quantitative estimate of drug-likeness (QED) is 0.861. The Hall–Kier alpha value is -2.09. The molecular weight excluding hydrogens is 268 g/mol. The summed E-state index contributed by atoms with van der Waals surface area (Å²) in [6.07, 6.45) is 0. The summed E-state index contributed by atoms with van der Waals surface area (Å²) in [5, 5.41) is 6.18. The zero-order valence-corrected chi connectivity index (χ0v) is 11.4. The van der Waals surface area contributed by atoms with E-state index in [4.69, 9.17) is 4.74 Å². The van der Waals surface area contributed by atoms with Crippen LogP contribution in [-0.2, 0) is 10.0 Å². The predicted octanol–water partition coefficient (Wildman–Crippen LogP) is 1.31. The lowest BCUT2D eigenvalue weighted by atomic mass is 10.2. The molecule has 0 fully saturated rings. The lowest BCUT2D eigenvalue weighted by Gasteiger charge is -2.07. The number of rotatable bonds is 5. The lowest BCUT2D eigenvalue weighted by molar-refractivity contribution is 0.314. The van der Waals surface area contributed by atoms with Gasteiger partial charge in [-0.05, 0) is 25.5 Å². The summed E-state index contributed by atoms with van der Waals surface area (Å²) in [6.45, 7) is 3.91. The van der Waals surface area contributed by atoms with Crippen LogP contribution in [0.25, 0.3) is 0 Å². The minimum atomic E-state index is -3.68. The van der Waals surface area contributed by atoms with Gasteiger partial charge in [0, 0.05) is 0 Å². The van der Waals surface area contributed by atoms with Crippen LogP contribution in [0.5, 0.6) is 6.01 Å². The molecule has 8 heteroatoms. The number of anilines is 1. The summed E-state index contributed by atoms with van der Waals surface area (Å²) in [6, 6.07) is 6.78. The fraction of sp³-hybridized carbons (Fsp3) is 0.273. The molecule has 2 rings (SSSR count). The number of ether oxygens (including phenoxy) is 1. The molecule has 2 N–H and O–H groups in total. The van der Waals surface area contributed by atoms with Crippen LogP contribution in [0.15, 0.2) is 29.2 Å². The highest BCUT2D eigenvalue weighted by Crippen LogP contribution is 2.17. The molecule has 7 nitrogen and oxygen atoms in total. The van der Waals surface area contributed by atoms with Gasteiger partial charge in [-0.2, -0.15) is 4.98 Å². The minimum absolute atomic E-state index is 0.0201. The predicted molar refractivity (Wildman–Crippen MR) is 69.5 cm³/mol. The maximum Gasteiger partial charge on any atom is 0.337 e. The lowest BCUT2D eigenvalue weighted by Crippen LogP contribution is -2.15. The fourth-order valence-corrected chi connectivity index (χ4v) is 2.73. The molecule has 0 unspecified atom stereocenters. The van der Waals surface area contributed by atoms with Crippen LogP contribution in [-0.4, -0.2) is 30.2 Å². The molecule has 1 aromatic heterocycles. The van der Waals surface area contributed by atoms with Gasteiger partial charge in [0.15, 0.2) is 0 Å². The number of nitrogens with zero attached hydrogens (tertiary/aromatic N) is 2. The second kappa shape index (κ2) is 5.27. The van der Waals surface area contributed by atoms with Crippen molar-refractivity contribution in [3.05, 3.63) is 29.8 Å². The molecule has 0 bridgehead atoms. The SMILES string of the molecule is CCOc1n[nH]c(NS(=O)(=O)c2ccccc2C)n1. The summed E-state index contributed by atoms with van der Waals surface area (Å²) in [4.78, 5) is 4.06. The highest BCUT2D eigenvalue weighted by Gasteiger charge is 2.18. The molecule has 0 aliphatic rings. The maximum absolute atomic E-state index is 12.1. The Balaban J connectivity index is 2.24. The Morgan fingerprint density at radius 2 is 2.11 bits per heavy atom. The highest BCUT2D eigenvalue weighted by molar-refractivity contribution is 7.92. The van der Waals surface area contributed by atoms with Crippen molar-refractivity contribution in [3.8, 4) is 6.01 Å². The Bertz CT molecular complexity index is 666. The van der Waals surface area contributed by atoms with E-state index in [0.717, 1.165) is 0 Å². The summed E-state index contributed by atoms with van der Waals surface area (Å²) >= 11 is 0. The number of nitrogens with one attached hydrogen (secondary N) is 2. The van der Waals surface area contributed by atoms with E-state index in [1.807, 2.05) is 0 Å². The van der Waals surface area contributed by atoms with Crippen LogP contribution in [0.2, 0.25) is 0 Å². The van der Waals surface area contributed by atoms with Gasteiger partial charge in [0.2, 0.25) is 5.95 Å². The van der Waals surface area contributed by atoms with Crippen molar-refractivity contribution < 1.29 is 13.2 Å². The Labute approximate surface area is 111 Å². The topological polar surface area (TPSA) is 97.0 Å². The molecular formula is C11H14N4O3S. The first kappa shape index (κ1) is 13.3. The van der Waals surface area contributed by atoms with Gasteiger partial charge in [-0.1, -0.05) is 18.2 Å². The van der Waals surface area contributed by atoms with Gasteiger partial charge in [-0.3, -0.25) is 0 Å². The monoisotopic (exact) mass is 282 g/mol. The van der Waals surface area contributed by atoms with E-state index in [-0.39, 0.29) is 16.9 Å². The molecule has 1 aromatic carbocycles. The van der Waals surface area contributed by atoms with Crippen molar-refractivity contribution in [1.82, 2.24) is 15.2 Å². The third kappa shape index (κ3) is 3.02. The van der Waals surface area contributed by atoms with Crippen molar-refractivity contribution in [2.45, 2.75) is 18.7 Å². The van der Waals surface area contributed by atoms with Crippen LogP contribution >= 0.6 is 0 Å². The second-order valence-electron chi connectivity index (χ2n) is 3.77. The minimum Gasteiger partial charge on any atom is -0.463 e. The van der Waals surface area contributed by atoms with Crippen molar-refractivity contribution in [3.63, 3.8) is 0 Å². The van der Waals surface area contributed by atoms with E-state index < -0.39 is 10.0 Å². The second-order valence-corrected chi connectivity index (χ2v) is 5.42. The number of sulfonamides is 1. The Morgan fingerprint density at radius 1 is 1.37 bits per heavy atom. The molecule has 19 heavy (non-hydrogen) atoms. The molecule has 0 spiro atoms. The Kier molecular flexibility index (Phi) is 3.70. The summed E-state index contributed by atoms with van der Waals surface area (Å²) in [7, 11) is -3.68. The number of aromatic amines is 1. The van der Waals surface area contributed by atoms with Gasteiger partial charge in [-0.15, -0.1) is 5.10 Å². The van der Waals surface area contributed by atoms with E-state index in [9.17, 15) is 8.42 Å². The zero-order valence-electron chi connectivity index (χ0n) is 10.5. The first-order valence-corrected chi connectivity index (χ1v) is 7.15. The van der Waals surface area contributed by atoms with Gasteiger partial charge in [0.05, 0.1) is 11.5 Å². The van der Waals surface area contributed by atoms with Crippen LogP contribution in [0.3, 0.4) is 0 Å². The van der Waals surface area contributed by atoms with Gasteiger partial charge < -0.3 is 4.74 Å². The molecule has 0 saturated carbocycles. The van der Waals surface area contributed by atoms with Gasteiger partial charge >= 0.3 is 6.01 Å². The van der Waals surface area contributed by atoms with E-state index in [1.165, 1.54) is 6.07 Å². The normalized spacial score (nSPS) is 11.3. The third-order valence-corrected chi connectivity index (χ3v) is 3.85. The third-order valence-electron chi connectivity index (χ3n) is 2.35. The largest absolute Gasteiger partial charge is 0.463 e. The van der Waals surface area contributed by atoms with E-state index in [0.29, 0.717) is 12.2 Å². The Morgan fingerprint density at radius 3 is 2.79 bits per heavy atom. The molecule has 1 heterocycles. The highest BCUT2D eigenvalue weighted by atomic mass is 32.2. The molecule has 0 saturated heterocycles. The molecule has 0 atom stereocenters. The van der Waals surface area contributed by atoms with E-state index >= 15 is 0 Å².